The number of hydrogen-bond donors (Lipinski definition) is 0. The number of aromatic nitrogens is 1. The molecule has 2 aromatic rings. The predicted molar refractivity (Wildman–Crippen MR) is 66.2 cm³/mol. The average molecular weight is 230 g/mol. The Hall–Kier alpha value is -1.48. The Kier molecular flexibility index (Phi) is 2.77. The Morgan fingerprint density at radius 2 is 1.94 bits per heavy atom. The molecule has 2 nitrogen and oxygen atoms in total. The zero-order chi connectivity index (χ0) is 11.7. The number of benzene rings is 1. The molecule has 0 saturated carbocycles. The van der Waals surface area contributed by atoms with Gasteiger partial charge in [-0.3, -0.25) is 9.88 Å². The van der Waals surface area contributed by atoms with Crippen molar-refractivity contribution in [1.82, 2.24) is 9.88 Å². The molecular weight excluding hydrogens is 215 g/mol. The number of nitrogens with zero attached hydrogens (tertiary/aromatic N) is 2. The van der Waals surface area contributed by atoms with Crippen LogP contribution in [0.2, 0.25) is 0 Å². The molecule has 0 N–H and O–H groups in total. The molecule has 0 aliphatic carbocycles. The third-order valence-electron chi connectivity index (χ3n) is 3.29. The van der Waals surface area contributed by atoms with Gasteiger partial charge in [-0.1, -0.05) is 6.07 Å². The Morgan fingerprint density at radius 1 is 1.12 bits per heavy atom. The predicted octanol–water partition coefficient (Wildman–Crippen LogP) is 2.97. The van der Waals surface area contributed by atoms with Crippen LogP contribution in [-0.4, -0.2) is 23.0 Å². The highest BCUT2D eigenvalue weighted by atomic mass is 19.1. The van der Waals surface area contributed by atoms with Crippen LogP contribution >= 0.6 is 0 Å². The molecule has 0 amide bonds. The molecule has 17 heavy (non-hydrogen) atoms. The number of hydrogen-bond acceptors (Lipinski definition) is 2. The number of pyridine rings is 1. The minimum absolute atomic E-state index is 0.202. The molecule has 1 aromatic heterocycles. The standard InChI is InChI=1S/C14H15FN2/c15-12-4-6-14-11(9-12)3-5-13(16-14)10-17-7-1-2-8-17/h3-6,9H,1-2,7-8,10H2. The summed E-state index contributed by atoms with van der Waals surface area (Å²) in [5.74, 6) is -0.202. The topological polar surface area (TPSA) is 16.1 Å². The first kappa shape index (κ1) is 10.7. The maximum Gasteiger partial charge on any atom is 0.123 e. The van der Waals surface area contributed by atoms with E-state index in [1.54, 1.807) is 6.07 Å². The maximum atomic E-state index is 13.0. The Morgan fingerprint density at radius 3 is 2.76 bits per heavy atom. The van der Waals surface area contributed by atoms with Crippen LogP contribution in [0.4, 0.5) is 4.39 Å². The SMILES string of the molecule is Fc1ccc2nc(CN3CCCC3)ccc2c1. The zero-order valence-electron chi connectivity index (χ0n) is 9.69. The molecule has 1 fully saturated rings. The first-order chi connectivity index (χ1) is 8.31. The second-order valence-electron chi connectivity index (χ2n) is 4.62. The lowest BCUT2D eigenvalue weighted by Gasteiger charge is -2.13. The van der Waals surface area contributed by atoms with Crippen molar-refractivity contribution in [2.45, 2.75) is 19.4 Å². The van der Waals surface area contributed by atoms with Crippen LogP contribution in [0.3, 0.4) is 0 Å². The molecule has 3 heteroatoms. The zero-order valence-corrected chi connectivity index (χ0v) is 9.69. The Bertz CT molecular complexity index is 533. The first-order valence-electron chi connectivity index (χ1n) is 6.09. The van der Waals surface area contributed by atoms with Gasteiger partial charge in [0.25, 0.3) is 0 Å². The highest BCUT2D eigenvalue weighted by Gasteiger charge is 2.12. The Labute approximate surface area is 100 Å². The third-order valence-corrected chi connectivity index (χ3v) is 3.29. The quantitative estimate of drug-likeness (QED) is 0.788. The molecule has 0 spiro atoms. The van der Waals surface area contributed by atoms with Crippen molar-refractivity contribution < 1.29 is 4.39 Å². The molecule has 0 atom stereocenters. The second-order valence-corrected chi connectivity index (χ2v) is 4.62. The van der Waals surface area contributed by atoms with Gasteiger partial charge in [-0.15, -0.1) is 0 Å². The Balaban J connectivity index is 1.88. The van der Waals surface area contributed by atoms with E-state index in [0.717, 1.165) is 23.1 Å². The van der Waals surface area contributed by atoms with Gasteiger partial charge in [0, 0.05) is 11.9 Å². The lowest BCUT2D eigenvalue weighted by Crippen LogP contribution is -2.19. The van der Waals surface area contributed by atoms with Crippen LogP contribution in [0, 0.1) is 5.82 Å². The lowest BCUT2D eigenvalue weighted by molar-refractivity contribution is 0.327. The smallest absolute Gasteiger partial charge is 0.123 e. The van der Waals surface area contributed by atoms with E-state index < -0.39 is 0 Å². The van der Waals surface area contributed by atoms with E-state index in [0.29, 0.717) is 0 Å². The summed E-state index contributed by atoms with van der Waals surface area (Å²) in [5.41, 5.74) is 1.95. The van der Waals surface area contributed by atoms with E-state index in [2.05, 4.69) is 9.88 Å². The summed E-state index contributed by atoms with van der Waals surface area (Å²) >= 11 is 0. The average Bonchev–Trinajstić information content (AvgIpc) is 2.82. The van der Waals surface area contributed by atoms with E-state index in [9.17, 15) is 4.39 Å². The third kappa shape index (κ3) is 2.29. The van der Waals surface area contributed by atoms with Crippen molar-refractivity contribution in [1.29, 1.82) is 0 Å². The molecule has 88 valence electrons. The highest BCUT2D eigenvalue weighted by molar-refractivity contribution is 5.78. The fraction of sp³-hybridized carbons (Fsp3) is 0.357. The molecule has 1 aliphatic rings. The molecule has 0 radical (unpaired) electrons. The van der Waals surface area contributed by atoms with Crippen molar-refractivity contribution in [3.63, 3.8) is 0 Å². The largest absolute Gasteiger partial charge is 0.298 e. The van der Waals surface area contributed by atoms with E-state index >= 15 is 0 Å². The summed E-state index contributed by atoms with van der Waals surface area (Å²) in [5, 5.41) is 0.871. The number of rotatable bonds is 2. The van der Waals surface area contributed by atoms with Crippen LogP contribution in [0.5, 0.6) is 0 Å². The van der Waals surface area contributed by atoms with Crippen LogP contribution in [0.25, 0.3) is 10.9 Å². The minimum Gasteiger partial charge on any atom is -0.298 e. The first-order valence-corrected chi connectivity index (χ1v) is 6.09. The van der Waals surface area contributed by atoms with Crippen LogP contribution in [-0.2, 0) is 6.54 Å². The van der Waals surface area contributed by atoms with E-state index in [1.165, 1.54) is 38.1 Å². The molecule has 0 bridgehead atoms. The van der Waals surface area contributed by atoms with E-state index in [1.807, 2.05) is 12.1 Å². The molecular formula is C14H15FN2. The van der Waals surface area contributed by atoms with Gasteiger partial charge >= 0.3 is 0 Å². The summed E-state index contributed by atoms with van der Waals surface area (Å²) in [7, 11) is 0. The van der Waals surface area contributed by atoms with Crippen molar-refractivity contribution >= 4 is 10.9 Å². The second kappa shape index (κ2) is 4.41. The lowest BCUT2D eigenvalue weighted by atomic mass is 10.2. The summed E-state index contributed by atoms with van der Waals surface area (Å²) in [6, 6.07) is 8.70. The van der Waals surface area contributed by atoms with Crippen molar-refractivity contribution in [3.05, 3.63) is 41.8 Å². The summed E-state index contributed by atoms with van der Waals surface area (Å²) in [6.45, 7) is 3.25. The number of halogens is 1. The molecule has 3 rings (SSSR count). The van der Waals surface area contributed by atoms with Crippen molar-refractivity contribution in [2.24, 2.45) is 0 Å². The van der Waals surface area contributed by atoms with Crippen molar-refractivity contribution in [3.8, 4) is 0 Å². The van der Waals surface area contributed by atoms with Crippen LogP contribution < -0.4 is 0 Å². The number of fused-ring (bicyclic) bond motifs is 1. The van der Waals surface area contributed by atoms with Gasteiger partial charge in [-0.2, -0.15) is 0 Å². The van der Waals surface area contributed by atoms with Gasteiger partial charge < -0.3 is 0 Å². The fourth-order valence-corrected chi connectivity index (χ4v) is 2.40. The van der Waals surface area contributed by atoms with Gasteiger partial charge in [-0.25, -0.2) is 4.39 Å². The van der Waals surface area contributed by atoms with Gasteiger partial charge in [0.2, 0.25) is 0 Å². The van der Waals surface area contributed by atoms with E-state index in [4.69, 9.17) is 0 Å². The van der Waals surface area contributed by atoms with Gasteiger partial charge in [0.15, 0.2) is 0 Å². The molecule has 1 aliphatic heterocycles. The molecule has 0 unspecified atom stereocenters. The van der Waals surface area contributed by atoms with Crippen molar-refractivity contribution in [2.75, 3.05) is 13.1 Å². The van der Waals surface area contributed by atoms with Gasteiger partial charge in [0.05, 0.1) is 11.2 Å². The van der Waals surface area contributed by atoms with Gasteiger partial charge in [0.1, 0.15) is 5.82 Å². The molecule has 1 saturated heterocycles. The summed E-state index contributed by atoms with van der Waals surface area (Å²) in [4.78, 5) is 6.99. The minimum atomic E-state index is -0.202. The fourth-order valence-electron chi connectivity index (χ4n) is 2.40. The highest BCUT2D eigenvalue weighted by Crippen LogP contribution is 2.16. The monoisotopic (exact) mass is 230 g/mol. The molecule has 1 aromatic carbocycles. The van der Waals surface area contributed by atoms with Gasteiger partial charge in [-0.05, 0) is 50.2 Å². The van der Waals surface area contributed by atoms with Crippen LogP contribution in [0.15, 0.2) is 30.3 Å². The normalized spacial score (nSPS) is 16.8. The summed E-state index contributed by atoms with van der Waals surface area (Å²) in [6.07, 6.45) is 2.58. The summed E-state index contributed by atoms with van der Waals surface area (Å²) < 4.78 is 13.0. The molecule has 2 heterocycles. The maximum absolute atomic E-state index is 13.0. The van der Waals surface area contributed by atoms with E-state index in [-0.39, 0.29) is 5.82 Å². The number of likely N-dealkylation sites (tertiary alicyclic amines) is 1. The van der Waals surface area contributed by atoms with Crippen LogP contribution in [0.1, 0.15) is 18.5 Å².